The van der Waals surface area contributed by atoms with E-state index in [0.717, 1.165) is 24.9 Å². The molecule has 20 heavy (non-hydrogen) atoms. The molecule has 0 spiro atoms. The molecule has 0 saturated carbocycles. The fraction of sp³-hybridized carbons (Fsp3) is 0.562. The summed E-state index contributed by atoms with van der Waals surface area (Å²) in [6.45, 7) is 4.38. The standard InChI is InChI=1S/C16H26N2O2/c1-4-6-8-13(7-5-2)18-15-10-9-12(11-14(15)17)16(19)20-3/h9-11,13,18H,4-8,17H2,1-3H3. The Balaban J connectivity index is 2.77. The van der Waals surface area contributed by atoms with Crippen LogP contribution in [0.4, 0.5) is 11.4 Å². The molecule has 0 aliphatic carbocycles. The number of nitrogens with one attached hydrogen (secondary N) is 1. The average molecular weight is 278 g/mol. The number of anilines is 2. The van der Waals surface area contributed by atoms with Gasteiger partial charge in [-0.15, -0.1) is 0 Å². The van der Waals surface area contributed by atoms with E-state index in [-0.39, 0.29) is 5.97 Å². The lowest BCUT2D eigenvalue weighted by Crippen LogP contribution is -2.20. The van der Waals surface area contributed by atoms with Gasteiger partial charge in [0.1, 0.15) is 0 Å². The number of nitrogen functional groups attached to an aromatic ring is 1. The Labute approximate surface area is 121 Å². The summed E-state index contributed by atoms with van der Waals surface area (Å²) in [6, 6.07) is 5.70. The SMILES string of the molecule is CCCCC(CCC)Nc1ccc(C(=O)OC)cc1N. The van der Waals surface area contributed by atoms with Gasteiger partial charge in [-0.05, 0) is 31.0 Å². The van der Waals surface area contributed by atoms with Crippen LogP contribution < -0.4 is 11.1 Å². The van der Waals surface area contributed by atoms with Gasteiger partial charge in [0.15, 0.2) is 0 Å². The average Bonchev–Trinajstić information content (AvgIpc) is 2.46. The number of carbonyl (C=O) groups excluding carboxylic acids is 1. The molecule has 0 saturated heterocycles. The van der Waals surface area contributed by atoms with Gasteiger partial charge >= 0.3 is 5.97 Å². The highest BCUT2D eigenvalue weighted by molar-refractivity contribution is 5.91. The number of rotatable bonds is 8. The molecule has 1 unspecified atom stereocenters. The Morgan fingerprint density at radius 1 is 1.30 bits per heavy atom. The Kier molecular flexibility index (Phi) is 6.91. The Morgan fingerprint density at radius 3 is 2.60 bits per heavy atom. The van der Waals surface area contributed by atoms with Gasteiger partial charge in [0, 0.05) is 6.04 Å². The molecule has 1 aromatic carbocycles. The summed E-state index contributed by atoms with van der Waals surface area (Å²) in [4.78, 5) is 11.4. The lowest BCUT2D eigenvalue weighted by Gasteiger charge is -2.20. The molecule has 0 aromatic heterocycles. The Hall–Kier alpha value is -1.71. The van der Waals surface area contributed by atoms with Crippen LogP contribution in [-0.2, 0) is 4.74 Å². The molecule has 1 atom stereocenters. The molecule has 0 bridgehead atoms. The third-order valence-corrected chi connectivity index (χ3v) is 3.38. The van der Waals surface area contributed by atoms with Crippen LogP contribution in [0.25, 0.3) is 0 Å². The zero-order chi connectivity index (χ0) is 15.0. The summed E-state index contributed by atoms with van der Waals surface area (Å²) in [5.41, 5.74) is 7.98. The zero-order valence-corrected chi connectivity index (χ0v) is 12.7. The number of hydrogen-bond acceptors (Lipinski definition) is 4. The van der Waals surface area contributed by atoms with Gasteiger partial charge in [0.25, 0.3) is 0 Å². The number of carbonyl (C=O) groups is 1. The highest BCUT2D eigenvalue weighted by Crippen LogP contribution is 2.23. The molecule has 4 heteroatoms. The second-order valence-corrected chi connectivity index (χ2v) is 5.07. The van der Waals surface area contributed by atoms with Crippen LogP contribution in [0.1, 0.15) is 56.3 Å². The van der Waals surface area contributed by atoms with Gasteiger partial charge in [-0.2, -0.15) is 0 Å². The first-order valence-corrected chi connectivity index (χ1v) is 7.36. The van der Waals surface area contributed by atoms with Crippen LogP contribution in [0.3, 0.4) is 0 Å². The van der Waals surface area contributed by atoms with E-state index in [0.29, 0.717) is 17.3 Å². The summed E-state index contributed by atoms with van der Waals surface area (Å²) in [7, 11) is 1.37. The minimum Gasteiger partial charge on any atom is -0.465 e. The van der Waals surface area contributed by atoms with Crippen molar-refractivity contribution in [3.8, 4) is 0 Å². The topological polar surface area (TPSA) is 64.3 Å². The molecule has 3 N–H and O–H groups in total. The monoisotopic (exact) mass is 278 g/mol. The van der Waals surface area contributed by atoms with E-state index in [1.54, 1.807) is 12.1 Å². The zero-order valence-electron chi connectivity index (χ0n) is 12.7. The molecule has 0 fully saturated rings. The maximum absolute atomic E-state index is 11.4. The molecular formula is C16H26N2O2. The van der Waals surface area contributed by atoms with Crippen LogP contribution >= 0.6 is 0 Å². The molecule has 4 nitrogen and oxygen atoms in total. The number of ether oxygens (including phenoxy) is 1. The van der Waals surface area contributed by atoms with Crippen LogP contribution in [-0.4, -0.2) is 19.1 Å². The number of hydrogen-bond donors (Lipinski definition) is 2. The minimum absolute atomic E-state index is 0.362. The van der Waals surface area contributed by atoms with Gasteiger partial charge in [0.2, 0.25) is 0 Å². The number of esters is 1. The van der Waals surface area contributed by atoms with Gasteiger partial charge in [-0.3, -0.25) is 0 Å². The molecule has 112 valence electrons. The van der Waals surface area contributed by atoms with Crippen molar-refractivity contribution < 1.29 is 9.53 Å². The predicted molar refractivity (Wildman–Crippen MR) is 84.0 cm³/mol. The van der Waals surface area contributed by atoms with Crippen molar-refractivity contribution in [1.82, 2.24) is 0 Å². The van der Waals surface area contributed by atoms with E-state index in [1.807, 2.05) is 6.07 Å². The van der Waals surface area contributed by atoms with Crippen molar-refractivity contribution in [2.75, 3.05) is 18.2 Å². The Morgan fingerprint density at radius 2 is 2.05 bits per heavy atom. The highest BCUT2D eigenvalue weighted by atomic mass is 16.5. The first-order valence-electron chi connectivity index (χ1n) is 7.36. The fourth-order valence-corrected chi connectivity index (χ4v) is 2.25. The maximum atomic E-state index is 11.4. The van der Waals surface area contributed by atoms with E-state index < -0.39 is 0 Å². The lowest BCUT2D eigenvalue weighted by atomic mass is 10.0. The van der Waals surface area contributed by atoms with E-state index in [4.69, 9.17) is 5.73 Å². The van der Waals surface area contributed by atoms with Crippen molar-refractivity contribution in [1.29, 1.82) is 0 Å². The van der Waals surface area contributed by atoms with Crippen molar-refractivity contribution in [3.05, 3.63) is 23.8 Å². The highest BCUT2D eigenvalue weighted by Gasteiger charge is 2.11. The minimum atomic E-state index is -0.362. The second kappa shape index (κ2) is 8.46. The molecule has 1 rings (SSSR count). The van der Waals surface area contributed by atoms with Gasteiger partial charge in [0.05, 0.1) is 24.0 Å². The first-order chi connectivity index (χ1) is 9.62. The first kappa shape index (κ1) is 16.3. The lowest BCUT2D eigenvalue weighted by molar-refractivity contribution is 0.0601. The van der Waals surface area contributed by atoms with Crippen LogP contribution in [0.15, 0.2) is 18.2 Å². The summed E-state index contributed by atoms with van der Waals surface area (Å²) in [5, 5.41) is 3.49. The van der Waals surface area contributed by atoms with Crippen molar-refractivity contribution in [2.24, 2.45) is 0 Å². The predicted octanol–water partition coefficient (Wildman–Crippen LogP) is 3.83. The summed E-state index contributed by atoms with van der Waals surface area (Å²) in [5.74, 6) is -0.362. The number of unbranched alkanes of at least 4 members (excludes halogenated alkanes) is 1. The molecule has 1 aromatic rings. The van der Waals surface area contributed by atoms with E-state index in [1.165, 1.54) is 20.0 Å². The number of methoxy groups -OCH3 is 1. The van der Waals surface area contributed by atoms with Crippen molar-refractivity contribution in [2.45, 2.75) is 52.0 Å². The summed E-state index contributed by atoms with van der Waals surface area (Å²) in [6.07, 6.45) is 5.80. The molecular weight excluding hydrogens is 252 g/mol. The van der Waals surface area contributed by atoms with Gasteiger partial charge < -0.3 is 15.8 Å². The van der Waals surface area contributed by atoms with E-state index >= 15 is 0 Å². The fourth-order valence-electron chi connectivity index (χ4n) is 2.25. The van der Waals surface area contributed by atoms with E-state index in [9.17, 15) is 4.79 Å². The van der Waals surface area contributed by atoms with Crippen molar-refractivity contribution >= 4 is 17.3 Å². The quantitative estimate of drug-likeness (QED) is 0.560. The summed E-state index contributed by atoms with van der Waals surface area (Å²) < 4.78 is 4.69. The molecule has 0 heterocycles. The van der Waals surface area contributed by atoms with Crippen molar-refractivity contribution in [3.63, 3.8) is 0 Å². The largest absolute Gasteiger partial charge is 0.465 e. The molecule has 0 radical (unpaired) electrons. The number of nitrogens with two attached hydrogens (primary N) is 1. The maximum Gasteiger partial charge on any atom is 0.337 e. The van der Waals surface area contributed by atoms with Crippen LogP contribution in [0.2, 0.25) is 0 Å². The molecule has 0 aliphatic rings. The van der Waals surface area contributed by atoms with Gasteiger partial charge in [-0.25, -0.2) is 4.79 Å². The smallest absolute Gasteiger partial charge is 0.337 e. The second-order valence-electron chi connectivity index (χ2n) is 5.07. The number of benzene rings is 1. The normalized spacial score (nSPS) is 11.9. The molecule has 0 aliphatic heterocycles. The summed E-state index contributed by atoms with van der Waals surface area (Å²) >= 11 is 0. The van der Waals surface area contributed by atoms with Gasteiger partial charge in [-0.1, -0.05) is 33.1 Å². The Bertz CT molecular complexity index is 432. The molecule has 0 amide bonds. The van der Waals surface area contributed by atoms with E-state index in [2.05, 4.69) is 23.9 Å². The van der Waals surface area contributed by atoms with Crippen LogP contribution in [0.5, 0.6) is 0 Å². The third-order valence-electron chi connectivity index (χ3n) is 3.38. The van der Waals surface area contributed by atoms with Crippen LogP contribution in [0, 0.1) is 0 Å². The third kappa shape index (κ3) is 4.76.